The number of halogens is 2. The molecule has 4 rings (SSSR count). The van der Waals surface area contributed by atoms with Crippen molar-refractivity contribution in [2.75, 3.05) is 25.2 Å². The highest BCUT2D eigenvalue weighted by Crippen LogP contribution is 2.44. The highest BCUT2D eigenvalue weighted by Gasteiger charge is 2.51. The van der Waals surface area contributed by atoms with Gasteiger partial charge in [-0.05, 0) is 40.7 Å². The predicted octanol–water partition coefficient (Wildman–Crippen LogP) is 3.97. The molecule has 2 N–H and O–H groups in total. The van der Waals surface area contributed by atoms with Crippen molar-refractivity contribution >= 4 is 29.7 Å². The summed E-state index contributed by atoms with van der Waals surface area (Å²) in [5.41, 5.74) is 4.19. The molecule has 0 aromatic heterocycles. The maximum Gasteiger partial charge on any atom is 0.407 e. The highest BCUT2D eigenvalue weighted by molar-refractivity contribution is 7.98. The number of carbonyl (C=O) groups is 3. The minimum atomic E-state index is -3.30. The first-order valence-corrected chi connectivity index (χ1v) is 12.6. The molecule has 0 spiro atoms. The van der Waals surface area contributed by atoms with Crippen molar-refractivity contribution in [2.45, 2.75) is 36.8 Å². The maximum absolute atomic E-state index is 13.9. The molecule has 35 heavy (non-hydrogen) atoms. The van der Waals surface area contributed by atoms with Gasteiger partial charge in [0.05, 0.1) is 6.54 Å². The van der Waals surface area contributed by atoms with Gasteiger partial charge in [-0.15, -0.1) is 0 Å². The quantitative estimate of drug-likeness (QED) is 0.565. The third-order valence-electron chi connectivity index (χ3n) is 6.38. The van der Waals surface area contributed by atoms with E-state index in [1.165, 1.54) is 11.8 Å². The summed E-state index contributed by atoms with van der Waals surface area (Å²) in [6.45, 7) is -0.965. The van der Waals surface area contributed by atoms with Crippen LogP contribution in [0.25, 0.3) is 11.1 Å². The summed E-state index contributed by atoms with van der Waals surface area (Å²) in [4.78, 5) is 37.8. The molecule has 0 bridgehead atoms. The average molecular weight is 505 g/mol. The van der Waals surface area contributed by atoms with Crippen LogP contribution in [0, 0.1) is 0 Å². The molecule has 0 radical (unpaired) electrons. The Balaban J connectivity index is 1.45. The second-order valence-electron chi connectivity index (χ2n) is 8.68. The summed E-state index contributed by atoms with van der Waals surface area (Å²) in [6, 6.07) is 12.9. The average Bonchev–Trinajstić information content (AvgIpc) is 3.34. The molecule has 1 saturated heterocycles. The van der Waals surface area contributed by atoms with Gasteiger partial charge in [-0.25, -0.2) is 18.4 Å². The Morgan fingerprint density at radius 2 is 1.74 bits per heavy atom. The van der Waals surface area contributed by atoms with Crippen molar-refractivity contribution in [3.63, 3.8) is 0 Å². The molecule has 186 valence electrons. The van der Waals surface area contributed by atoms with Gasteiger partial charge in [-0.2, -0.15) is 11.8 Å². The highest BCUT2D eigenvalue weighted by atomic mass is 32.2. The molecule has 10 heteroatoms. The fraction of sp³-hybridized carbons (Fsp3) is 0.400. The molecule has 0 saturated carbocycles. The first-order chi connectivity index (χ1) is 16.7. The van der Waals surface area contributed by atoms with Gasteiger partial charge in [-0.3, -0.25) is 4.79 Å². The molecule has 2 aromatic rings. The summed E-state index contributed by atoms with van der Waals surface area (Å²) in [7, 11) is 0. The molecule has 2 amide bonds. The molecule has 2 aromatic carbocycles. The van der Waals surface area contributed by atoms with Crippen molar-refractivity contribution in [1.29, 1.82) is 0 Å². The smallest absolute Gasteiger partial charge is 0.407 e. The maximum atomic E-state index is 13.9. The van der Waals surface area contributed by atoms with Crippen molar-refractivity contribution < 1.29 is 33.0 Å². The summed E-state index contributed by atoms with van der Waals surface area (Å²) in [5, 5.41) is 11.8. The van der Waals surface area contributed by atoms with E-state index in [4.69, 9.17) is 4.74 Å². The molecule has 2 atom stereocenters. The number of nitrogens with zero attached hydrogens (tertiary/aromatic N) is 1. The lowest BCUT2D eigenvalue weighted by molar-refractivity contribution is -0.149. The molecule has 1 heterocycles. The lowest BCUT2D eigenvalue weighted by atomic mass is 9.98. The number of nitrogens with one attached hydrogen (secondary N) is 1. The van der Waals surface area contributed by atoms with E-state index in [-0.39, 0.29) is 18.9 Å². The van der Waals surface area contributed by atoms with Gasteiger partial charge in [-0.1, -0.05) is 48.5 Å². The first-order valence-electron chi connectivity index (χ1n) is 11.2. The third kappa shape index (κ3) is 5.27. The van der Waals surface area contributed by atoms with Crippen molar-refractivity contribution in [1.82, 2.24) is 10.2 Å². The van der Waals surface area contributed by atoms with Crippen LogP contribution in [0.4, 0.5) is 13.6 Å². The summed E-state index contributed by atoms with van der Waals surface area (Å²) in [6.07, 6.45) is 0.148. The number of amides is 2. The summed E-state index contributed by atoms with van der Waals surface area (Å²) >= 11 is 1.41. The first kappa shape index (κ1) is 25.0. The Hall–Kier alpha value is -3.14. The number of alkyl carbamates (subject to hydrolysis) is 1. The number of carboxylic acids is 1. The zero-order valence-electron chi connectivity index (χ0n) is 19.1. The van der Waals surface area contributed by atoms with Gasteiger partial charge in [0.15, 0.2) is 0 Å². The molecule has 1 aliphatic heterocycles. The number of thioether (sulfide) groups is 1. The minimum absolute atomic E-state index is 0.0306. The number of alkyl halides is 2. The lowest BCUT2D eigenvalue weighted by Crippen LogP contribution is -2.52. The van der Waals surface area contributed by atoms with Crippen LogP contribution in [-0.4, -0.2) is 71.1 Å². The largest absolute Gasteiger partial charge is 0.480 e. The van der Waals surface area contributed by atoms with Crippen LogP contribution < -0.4 is 5.32 Å². The summed E-state index contributed by atoms with van der Waals surface area (Å²) in [5.74, 6) is -5.37. The van der Waals surface area contributed by atoms with Crippen molar-refractivity contribution in [3.05, 3.63) is 59.7 Å². The number of hydrogen-bond acceptors (Lipinski definition) is 5. The Morgan fingerprint density at radius 3 is 2.31 bits per heavy atom. The van der Waals surface area contributed by atoms with Crippen molar-refractivity contribution in [2.24, 2.45) is 0 Å². The number of rotatable bonds is 8. The number of fused-ring (bicyclic) bond motifs is 3. The van der Waals surface area contributed by atoms with E-state index in [2.05, 4.69) is 5.32 Å². The number of aliphatic carboxylic acids is 1. The van der Waals surface area contributed by atoms with E-state index in [0.717, 1.165) is 22.3 Å². The molecule has 1 fully saturated rings. The molecule has 0 unspecified atom stereocenters. The number of carboxylic acid groups (broad SMARTS) is 1. The van der Waals surface area contributed by atoms with Crippen LogP contribution in [0.5, 0.6) is 0 Å². The Bertz CT molecular complexity index is 1080. The summed E-state index contributed by atoms with van der Waals surface area (Å²) < 4.78 is 33.3. The number of ether oxygens (including phenoxy) is 1. The minimum Gasteiger partial charge on any atom is -0.480 e. The predicted molar refractivity (Wildman–Crippen MR) is 128 cm³/mol. The van der Waals surface area contributed by atoms with E-state index in [0.29, 0.717) is 10.7 Å². The zero-order valence-corrected chi connectivity index (χ0v) is 19.9. The van der Waals surface area contributed by atoms with E-state index < -0.39 is 48.9 Å². The fourth-order valence-corrected chi connectivity index (χ4v) is 5.22. The van der Waals surface area contributed by atoms with Gasteiger partial charge in [0.1, 0.15) is 18.7 Å². The van der Waals surface area contributed by atoms with Crippen LogP contribution in [0.2, 0.25) is 0 Å². The van der Waals surface area contributed by atoms with Gasteiger partial charge >= 0.3 is 12.1 Å². The second kappa shape index (κ2) is 10.2. The van der Waals surface area contributed by atoms with Crippen molar-refractivity contribution in [3.8, 4) is 11.1 Å². The monoisotopic (exact) mass is 504 g/mol. The Kier molecular flexibility index (Phi) is 7.30. The number of carbonyl (C=O) groups excluding carboxylic acids is 2. The van der Waals surface area contributed by atoms with Gasteiger partial charge in [0.2, 0.25) is 5.91 Å². The van der Waals surface area contributed by atoms with E-state index >= 15 is 0 Å². The van der Waals surface area contributed by atoms with Gasteiger partial charge in [0.25, 0.3) is 5.92 Å². The Labute approximate surface area is 205 Å². The molecule has 2 aliphatic rings. The zero-order chi connectivity index (χ0) is 25.2. The number of benzene rings is 2. The SMILES string of the molecule is CSCC[C@@H](NC(=O)OCC1c2ccccc2-c2ccccc21)C(=O)N1CC(F)(F)C[C@@H]1C(=O)O. The van der Waals surface area contributed by atoms with Crippen LogP contribution in [-0.2, 0) is 14.3 Å². The number of likely N-dealkylation sites (tertiary alicyclic amines) is 1. The van der Waals surface area contributed by atoms with Crippen LogP contribution in [0.3, 0.4) is 0 Å². The normalized spacial score (nSPS) is 19.1. The van der Waals surface area contributed by atoms with Crippen LogP contribution in [0.1, 0.15) is 29.9 Å². The third-order valence-corrected chi connectivity index (χ3v) is 7.03. The van der Waals surface area contributed by atoms with Gasteiger partial charge < -0.3 is 20.1 Å². The van der Waals surface area contributed by atoms with Crippen LogP contribution >= 0.6 is 11.8 Å². The van der Waals surface area contributed by atoms with E-state index in [1.807, 2.05) is 48.5 Å². The standard InChI is InChI=1S/C25H26F2N2O5S/c1-35-11-10-20(22(30)29-14-25(26,27)12-21(29)23(31)32)28-24(33)34-13-19-17-8-4-2-6-15(17)16-7-3-5-9-18(16)19/h2-9,19-21H,10-14H2,1H3,(H,28,33)(H,31,32)/t20-,21-/m1/s1. The number of hydrogen-bond donors (Lipinski definition) is 2. The van der Waals surface area contributed by atoms with E-state index in [1.54, 1.807) is 6.26 Å². The van der Waals surface area contributed by atoms with E-state index in [9.17, 15) is 28.3 Å². The Morgan fingerprint density at radius 1 is 1.14 bits per heavy atom. The van der Waals surface area contributed by atoms with Gasteiger partial charge in [0, 0.05) is 12.3 Å². The molecule has 7 nitrogen and oxygen atoms in total. The van der Waals surface area contributed by atoms with Crippen LogP contribution in [0.15, 0.2) is 48.5 Å². The fourth-order valence-electron chi connectivity index (χ4n) is 4.74. The second-order valence-corrected chi connectivity index (χ2v) is 9.67. The topological polar surface area (TPSA) is 95.9 Å². The molecule has 1 aliphatic carbocycles. The molecular weight excluding hydrogens is 478 g/mol. The molecular formula is C25H26F2N2O5S. The lowest BCUT2D eigenvalue weighted by Gasteiger charge is -2.27.